The minimum atomic E-state index is 0.183. The van der Waals surface area contributed by atoms with Gasteiger partial charge in [0.25, 0.3) is 0 Å². The summed E-state index contributed by atoms with van der Waals surface area (Å²) in [6.45, 7) is 8.71. The molecular formula is C14H26N4O2. The van der Waals surface area contributed by atoms with Gasteiger partial charge in [-0.3, -0.25) is 9.79 Å². The highest BCUT2D eigenvalue weighted by Crippen LogP contribution is 2.28. The molecule has 3 N–H and O–H groups in total. The Bertz CT molecular complexity index is 362. The standard InChI is InChI=1S/C14H26N4O2/c1-3-15-13(18-8-14(2)9-20-10-14)17-7-6-16-12(19)11-4-5-11/h11H,3-10H2,1-2H3,(H,16,19)(H2,15,17,18). The van der Waals surface area contributed by atoms with Crippen molar-refractivity contribution >= 4 is 11.9 Å². The molecule has 1 amide bonds. The van der Waals surface area contributed by atoms with Crippen molar-refractivity contribution in [1.29, 1.82) is 0 Å². The summed E-state index contributed by atoms with van der Waals surface area (Å²) in [5.74, 6) is 1.27. The molecule has 1 heterocycles. The molecule has 2 fully saturated rings. The molecule has 0 aromatic rings. The quantitative estimate of drug-likeness (QED) is 0.352. The molecule has 0 spiro atoms. The number of hydrogen-bond acceptors (Lipinski definition) is 3. The number of carbonyl (C=O) groups excluding carboxylic acids is 1. The van der Waals surface area contributed by atoms with Crippen LogP contribution >= 0.6 is 0 Å². The van der Waals surface area contributed by atoms with Crippen molar-refractivity contribution in [1.82, 2.24) is 16.0 Å². The van der Waals surface area contributed by atoms with Crippen LogP contribution in [-0.2, 0) is 9.53 Å². The largest absolute Gasteiger partial charge is 0.380 e. The third kappa shape index (κ3) is 4.67. The number of amides is 1. The van der Waals surface area contributed by atoms with E-state index in [4.69, 9.17) is 4.74 Å². The molecule has 6 nitrogen and oxygen atoms in total. The molecule has 1 aliphatic carbocycles. The molecule has 2 rings (SSSR count). The molecule has 114 valence electrons. The first-order valence-electron chi connectivity index (χ1n) is 7.50. The highest BCUT2D eigenvalue weighted by Gasteiger charge is 2.33. The Kier molecular flexibility index (Phi) is 5.23. The Morgan fingerprint density at radius 1 is 1.25 bits per heavy atom. The second-order valence-electron chi connectivity index (χ2n) is 5.99. The maximum atomic E-state index is 11.5. The van der Waals surface area contributed by atoms with Crippen LogP contribution in [0, 0.1) is 11.3 Å². The third-order valence-corrected chi connectivity index (χ3v) is 3.53. The summed E-state index contributed by atoms with van der Waals surface area (Å²) >= 11 is 0. The van der Waals surface area contributed by atoms with Gasteiger partial charge in [-0.05, 0) is 19.8 Å². The van der Waals surface area contributed by atoms with Crippen molar-refractivity contribution in [3.63, 3.8) is 0 Å². The summed E-state index contributed by atoms with van der Waals surface area (Å²) in [4.78, 5) is 16.1. The highest BCUT2D eigenvalue weighted by molar-refractivity contribution is 5.81. The molecule has 1 aliphatic heterocycles. The van der Waals surface area contributed by atoms with E-state index in [0.29, 0.717) is 13.1 Å². The number of guanidine groups is 1. The van der Waals surface area contributed by atoms with Crippen molar-refractivity contribution in [2.24, 2.45) is 16.3 Å². The first-order valence-corrected chi connectivity index (χ1v) is 7.50. The lowest BCUT2D eigenvalue weighted by atomic mass is 9.89. The summed E-state index contributed by atoms with van der Waals surface area (Å²) in [6.07, 6.45) is 2.09. The van der Waals surface area contributed by atoms with Crippen molar-refractivity contribution in [2.45, 2.75) is 26.7 Å². The van der Waals surface area contributed by atoms with Crippen LogP contribution in [0.2, 0.25) is 0 Å². The molecule has 0 aromatic carbocycles. The lowest BCUT2D eigenvalue weighted by Crippen LogP contribution is -2.45. The maximum Gasteiger partial charge on any atom is 0.223 e. The zero-order chi connectivity index (χ0) is 14.4. The van der Waals surface area contributed by atoms with E-state index < -0.39 is 0 Å². The monoisotopic (exact) mass is 282 g/mol. The summed E-state index contributed by atoms with van der Waals surface area (Å²) < 4.78 is 5.23. The number of aliphatic imine (C=N–C) groups is 1. The first-order chi connectivity index (χ1) is 9.63. The smallest absolute Gasteiger partial charge is 0.223 e. The van der Waals surface area contributed by atoms with Crippen molar-refractivity contribution in [3.05, 3.63) is 0 Å². The molecule has 1 saturated heterocycles. The lowest BCUT2D eigenvalue weighted by molar-refractivity contribution is -0.122. The maximum absolute atomic E-state index is 11.5. The fourth-order valence-corrected chi connectivity index (χ4v) is 2.01. The molecule has 0 bridgehead atoms. The summed E-state index contributed by atoms with van der Waals surface area (Å²) in [7, 11) is 0. The van der Waals surface area contributed by atoms with Crippen LogP contribution in [0.5, 0.6) is 0 Å². The fraction of sp³-hybridized carbons (Fsp3) is 0.857. The van der Waals surface area contributed by atoms with Gasteiger partial charge >= 0.3 is 0 Å². The number of nitrogens with one attached hydrogen (secondary N) is 3. The van der Waals surface area contributed by atoms with Crippen molar-refractivity contribution < 1.29 is 9.53 Å². The molecule has 2 aliphatic rings. The van der Waals surface area contributed by atoms with Gasteiger partial charge in [-0.1, -0.05) is 6.92 Å². The zero-order valence-corrected chi connectivity index (χ0v) is 12.5. The van der Waals surface area contributed by atoms with Gasteiger partial charge in [0.15, 0.2) is 5.96 Å². The minimum absolute atomic E-state index is 0.183. The van der Waals surface area contributed by atoms with Crippen LogP contribution in [0.4, 0.5) is 0 Å². The predicted molar refractivity (Wildman–Crippen MR) is 78.6 cm³/mol. The first kappa shape index (κ1) is 15.1. The number of rotatable bonds is 7. The molecular weight excluding hydrogens is 256 g/mol. The van der Waals surface area contributed by atoms with E-state index in [0.717, 1.165) is 45.1 Å². The SMILES string of the molecule is CCNC(=NCC1(C)COC1)NCCNC(=O)C1CC1. The van der Waals surface area contributed by atoms with Gasteiger partial charge in [-0.25, -0.2) is 0 Å². The summed E-state index contributed by atoms with van der Waals surface area (Å²) in [6, 6.07) is 0. The van der Waals surface area contributed by atoms with E-state index in [-0.39, 0.29) is 17.2 Å². The summed E-state index contributed by atoms with van der Waals surface area (Å²) in [5.41, 5.74) is 0.183. The highest BCUT2D eigenvalue weighted by atomic mass is 16.5. The van der Waals surface area contributed by atoms with E-state index in [2.05, 4.69) is 27.9 Å². The Balaban J connectivity index is 1.65. The van der Waals surface area contributed by atoms with Crippen molar-refractivity contribution in [3.8, 4) is 0 Å². The molecule has 0 radical (unpaired) electrons. The van der Waals surface area contributed by atoms with E-state index >= 15 is 0 Å². The predicted octanol–water partition coefficient (Wildman–Crippen LogP) is 0.104. The van der Waals surface area contributed by atoms with Crippen LogP contribution in [0.15, 0.2) is 4.99 Å². The van der Waals surface area contributed by atoms with Gasteiger partial charge < -0.3 is 20.7 Å². The number of hydrogen-bond donors (Lipinski definition) is 3. The molecule has 0 unspecified atom stereocenters. The molecule has 1 saturated carbocycles. The Hall–Kier alpha value is -1.30. The van der Waals surface area contributed by atoms with E-state index in [1.165, 1.54) is 0 Å². The molecule has 6 heteroatoms. The van der Waals surface area contributed by atoms with Gasteiger partial charge in [-0.2, -0.15) is 0 Å². The average molecular weight is 282 g/mol. The fourth-order valence-electron chi connectivity index (χ4n) is 2.01. The Morgan fingerprint density at radius 2 is 1.95 bits per heavy atom. The van der Waals surface area contributed by atoms with E-state index in [1.807, 2.05) is 6.92 Å². The minimum Gasteiger partial charge on any atom is -0.380 e. The zero-order valence-electron chi connectivity index (χ0n) is 12.5. The number of nitrogens with zero attached hydrogens (tertiary/aromatic N) is 1. The molecule has 0 atom stereocenters. The van der Waals surface area contributed by atoms with Crippen LogP contribution in [0.3, 0.4) is 0 Å². The molecule has 20 heavy (non-hydrogen) atoms. The van der Waals surface area contributed by atoms with Crippen LogP contribution in [0.1, 0.15) is 26.7 Å². The third-order valence-electron chi connectivity index (χ3n) is 3.53. The lowest BCUT2D eigenvalue weighted by Gasteiger charge is -2.36. The Morgan fingerprint density at radius 3 is 2.50 bits per heavy atom. The van der Waals surface area contributed by atoms with E-state index in [9.17, 15) is 4.79 Å². The molecule has 0 aromatic heterocycles. The van der Waals surface area contributed by atoms with Crippen LogP contribution < -0.4 is 16.0 Å². The van der Waals surface area contributed by atoms with E-state index in [1.54, 1.807) is 0 Å². The van der Waals surface area contributed by atoms with Gasteiger partial charge in [-0.15, -0.1) is 0 Å². The van der Waals surface area contributed by atoms with Gasteiger partial charge in [0.05, 0.1) is 19.8 Å². The number of ether oxygens (including phenoxy) is 1. The normalized spacial score (nSPS) is 21.0. The number of carbonyl (C=O) groups is 1. The van der Waals surface area contributed by atoms with Crippen molar-refractivity contribution in [2.75, 3.05) is 39.4 Å². The topological polar surface area (TPSA) is 74.8 Å². The Labute approximate surface area is 120 Å². The van der Waals surface area contributed by atoms with Gasteiger partial charge in [0, 0.05) is 31.0 Å². The second-order valence-corrected chi connectivity index (χ2v) is 5.99. The van der Waals surface area contributed by atoms with Gasteiger partial charge in [0.1, 0.15) is 0 Å². The van der Waals surface area contributed by atoms with Gasteiger partial charge in [0.2, 0.25) is 5.91 Å². The average Bonchev–Trinajstić information content (AvgIpc) is 3.22. The summed E-state index contributed by atoms with van der Waals surface area (Å²) in [5, 5.41) is 9.38. The van der Waals surface area contributed by atoms with Crippen LogP contribution in [0.25, 0.3) is 0 Å². The second kappa shape index (κ2) is 6.92. The van der Waals surface area contributed by atoms with Crippen LogP contribution in [-0.4, -0.2) is 51.3 Å².